The van der Waals surface area contributed by atoms with Crippen LogP contribution < -0.4 is 0 Å². The molecule has 0 aromatic heterocycles. The van der Waals surface area contributed by atoms with Crippen LogP contribution in [0.5, 0.6) is 0 Å². The van der Waals surface area contributed by atoms with Gasteiger partial charge in [-0.15, -0.1) is 0 Å². The van der Waals surface area contributed by atoms with E-state index >= 15 is 0 Å². The van der Waals surface area contributed by atoms with Gasteiger partial charge in [-0.25, -0.2) is 4.79 Å². The van der Waals surface area contributed by atoms with Gasteiger partial charge in [0.2, 0.25) is 5.91 Å². The lowest BCUT2D eigenvalue weighted by atomic mass is 10.2. The molecule has 2 aliphatic rings. The fourth-order valence-corrected chi connectivity index (χ4v) is 2.44. The first-order valence-electron chi connectivity index (χ1n) is 7.06. The highest BCUT2D eigenvalue weighted by molar-refractivity contribution is 5.86. The fraction of sp³-hybridized carbons (Fsp3) is 0.857. The molecule has 1 saturated heterocycles. The molecule has 1 aliphatic heterocycles. The molecule has 0 aromatic carbocycles. The maximum absolute atomic E-state index is 12.4. The highest BCUT2D eigenvalue weighted by Gasteiger charge is 2.40. The van der Waals surface area contributed by atoms with E-state index in [0.717, 1.165) is 25.7 Å². The van der Waals surface area contributed by atoms with Crippen molar-refractivity contribution in [2.45, 2.75) is 64.1 Å². The monoisotopic (exact) mass is 268 g/mol. The molecule has 1 aliphatic carbocycles. The molecular formula is C14H24N2O3. The normalized spacial score (nSPS) is 23.4. The number of nitrogens with zero attached hydrogens (tertiary/aromatic N) is 2. The summed E-state index contributed by atoms with van der Waals surface area (Å²) in [5.74, 6) is 0.0610. The van der Waals surface area contributed by atoms with E-state index in [1.165, 1.54) is 0 Å². The van der Waals surface area contributed by atoms with E-state index < -0.39 is 5.60 Å². The maximum atomic E-state index is 12.4. The summed E-state index contributed by atoms with van der Waals surface area (Å²) in [6, 6.07) is 0.0500. The van der Waals surface area contributed by atoms with Crippen molar-refractivity contribution in [2.24, 2.45) is 0 Å². The minimum atomic E-state index is -0.518. The minimum absolute atomic E-state index is 0.0610. The molecule has 5 heteroatoms. The highest BCUT2D eigenvalue weighted by atomic mass is 16.6. The predicted octanol–water partition coefficient (Wildman–Crippen LogP) is 2.01. The van der Waals surface area contributed by atoms with Crippen molar-refractivity contribution in [1.82, 2.24) is 9.80 Å². The van der Waals surface area contributed by atoms with Crippen molar-refractivity contribution in [2.75, 3.05) is 13.6 Å². The topological polar surface area (TPSA) is 49.9 Å². The Bertz CT molecular complexity index is 371. The van der Waals surface area contributed by atoms with Crippen molar-refractivity contribution >= 4 is 12.0 Å². The van der Waals surface area contributed by atoms with E-state index in [0.29, 0.717) is 12.6 Å². The number of amides is 2. The van der Waals surface area contributed by atoms with E-state index in [1.807, 2.05) is 27.8 Å². The number of hydrogen-bond acceptors (Lipinski definition) is 3. The zero-order valence-electron chi connectivity index (χ0n) is 12.3. The van der Waals surface area contributed by atoms with Gasteiger partial charge in [0.15, 0.2) is 0 Å². The van der Waals surface area contributed by atoms with Gasteiger partial charge in [0.25, 0.3) is 0 Å². The summed E-state index contributed by atoms with van der Waals surface area (Å²) in [7, 11) is 1.84. The van der Waals surface area contributed by atoms with Crippen LogP contribution in [0.3, 0.4) is 0 Å². The molecule has 5 nitrogen and oxygen atoms in total. The Morgan fingerprint density at radius 1 is 1.21 bits per heavy atom. The number of carbonyl (C=O) groups excluding carboxylic acids is 2. The third-order valence-corrected chi connectivity index (χ3v) is 3.61. The second-order valence-electron chi connectivity index (χ2n) is 6.51. The molecule has 0 spiro atoms. The molecular weight excluding hydrogens is 244 g/mol. The lowest BCUT2D eigenvalue weighted by Gasteiger charge is -2.30. The van der Waals surface area contributed by atoms with Crippen molar-refractivity contribution < 1.29 is 14.3 Å². The SMILES string of the molecule is CN(C(=O)[C@@H]1CCCN1C(=O)OC(C)(C)C)C1CC1. The van der Waals surface area contributed by atoms with Crippen LogP contribution in [0.25, 0.3) is 0 Å². The molecule has 0 aromatic rings. The van der Waals surface area contributed by atoms with Crippen LogP contribution in [0, 0.1) is 0 Å². The molecule has 0 radical (unpaired) electrons. The number of carbonyl (C=O) groups is 2. The van der Waals surface area contributed by atoms with Crippen LogP contribution in [0.4, 0.5) is 4.79 Å². The summed E-state index contributed by atoms with van der Waals surface area (Å²) in [4.78, 5) is 27.9. The third kappa shape index (κ3) is 3.39. The van der Waals surface area contributed by atoms with Gasteiger partial charge in [-0.2, -0.15) is 0 Å². The Hall–Kier alpha value is -1.26. The van der Waals surface area contributed by atoms with E-state index in [1.54, 1.807) is 9.80 Å². The Balaban J connectivity index is 1.99. The minimum Gasteiger partial charge on any atom is -0.444 e. The number of likely N-dealkylation sites (tertiary alicyclic amines) is 1. The van der Waals surface area contributed by atoms with Gasteiger partial charge < -0.3 is 9.64 Å². The molecule has 0 bridgehead atoms. The zero-order valence-corrected chi connectivity index (χ0v) is 12.3. The molecule has 2 rings (SSSR count). The van der Waals surface area contributed by atoms with Crippen LogP contribution >= 0.6 is 0 Å². The first-order valence-corrected chi connectivity index (χ1v) is 7.06. The van der Waals surface area contributed by atoms with Crippen LogP contribution in [0.2, 0.25) is 0 Å². The lowest BCUT2D eigenvalue weighted by molar-refractivity contribution is -0.135. The molecule has 1 atom stereocenters. The standard InChI is InChI=1S/C14H24N2O3/c1-14(2,3)19-13(18)16-9-5-6-11(16)12(17)15(4)10-7-8-10/h10-11H,5-9H2,1-4H3/t11-/m0/s1. The zero-order chi connectivity index (χ0) is 14.2. The van der Waals surface area contributed by atoms with Gasteiger partial charge in [0.05, 0.1) is 0 Å². The Morgan fingerprint density at radius 2 is 1.84 bits per heavy atom. The molecule has 0 N–H and O–H groups in total. The molecule has 1 heterocycles. The van der Waals surface area contributed by atoms with E-state index in [4.69, 9.17) is 4.74 Å². The Kier molecular flexibility index (Phi) is 3.74. The van der Waals surface area contributed by atoms with Crippen molar-refractivity contribution in [3.63, 3.8) is 0 Å². The smallest absolute Gasteiger partial charge is 0.410 e. The number of hydrogen-bond donors (Lipinski definition) is 0. The van der Waals surface area contributed by atoms with Gasteiger partial charge >= 0.3 is 6.09 Å². The summed E-state index contributed by atoms with van der Waals surface area (Å²) in [6.07, 6.45) is 3.42. The average Bonchev–Trinajstić information content (AvgIpc) is 3.02. The van der Waals surface area contributed by atoms with Gasteiger partial charge in [-0.3, -0.25) is 9.69 Å². The molecule has 2 fully saturated rings. The van der Waals surface area contributed by atoms with Gasteiger partial charge in [-0.05, 0) is 46.5 Å². The van der Waals surface area contributed by atoms with Gasteiger partial charge in [0.1, 0.15) is 11.6 Å². The third-order valence-electron chi connectivity index (χ3n) is 3.61. The van der Waals surface area contributed by atoms with Crippen LogP contribution in [0.15, 0.2) is 0 Å². The summed E-state index contributed by atoms with van der Waals surface area (Å²) < 4.78 is 5.37. The van der Waals surface area contributed by atoms with Crippen LogP contribution in [-0.4, -0.2) is 53.1 Å². The maximum Gasteiger partial charge on any atom is 0.410 e. The second-order valence-corrected chi connectivity index (χ2v) is 6.51. The number of rotatable bonds is 2. The van der Waals surface area contributed by atoms with Crippen molar-refractivity contribution in [3.05, 3.63) is 0 Å². The molecule has 2 amide bonds. The van der Waals surface area contributed by atoms with Crippen LogP contribution in [0.1, 0.15) is 46.5 Å². The van der Waals surface area contributed by atoms with E-state index in [-0.39, 0.29) is 18.0 Å². The average molecular weight is 268 g/mol. The molecule has 1 saturated carbocycles. The predicted molar refractivity (Wildman–Crippen MR) is 71.8 cm³/mol. The van der Waals surface area contributed by atoms with Crippen molar-refractivity contribution in [1.29, 1.82) is 0 Å². The Morgan fingerprint density at radius 3 is 2.37 bits per heavy atom. The molecule has 108 valence electrons. The molecule has 19 heavy (non-hydrogen) atoms. The molecule has 0 unspecified atom stereocenters. The summed E-state index contributed by atoms with van der Waals surface area (Å²) >= 11 is 0. The van der Waals surface area contributed by atoms with E-state index in [9.17, 15) is 9.59 Å². The van der Waals surface area contributed by atoms with Crippen LogP contribution in [-0.2, 0) is 9.53 Å². The highest BCUT2D eigenvalue weighted by Crippen LogP contribution is 2.29. The Labute approximate surface area is 114 Å². The lowest BCUT2D eigenvalue weighted by Crippen LogP contribution is -2.48. The first kappa shape index (κ1) is 14.2. The van der Waals surface area contributed by atoms with Crippen molar-refractivity contribution in [3.8, 4) is 0 Å². The van der Waals surface area contributed by atoms with Gasteiger partial charge in [0, 0.05) is 19.6 Å². The second kappa shape index (κ2) is 5.02. The number of ether oxygens (including phenoxy) is 1. The largest absolute Gasteiger partial charge is 0.444 e. The quantitative estimate of drug-likeness (QED) is 0.769. The first-order chi connectivity index (χ1) is 8.79. The summed E-state index contributed by atoms with van der Waals surface area (Å²) in [5, 5.41) is 0. The fourth-order valence-electron chi connectivity index (χ4n) is 2.44. The summed E-state index contributed by atoms with van der Waals surface area (Å²) in [6.45, 7) is 6.14. The number of likely N-dealkylation sites (N-methyl/N-ethyl adjacent to an activating group) is 1. The van der Waals surface area contributed by atoms with Gasteiger partial charge in [-0.1, -0.05) is 0 Å². The van der Waals surface area contributed by atoms with E-state index in [2.05, 4.69) is 0 Å². The summed E-state index contributed by atoms with van der Waals surface area (Å²) in [5.41, 5.74) is -0.518.